The Kier molecular flexibility index (Phi) is 4.07. The van der Waals surface area contributed by atoms with Crippen molar-refractivity contribution in [3.05, 3.63) is 59.2 Å². The molecule has 2 aliphatic rings. The molecule has 8 heteroatoms. The molecule has 0 radical (unpaired) electrons. The van der Waals surface area contributed by atoms with E-state index in [-0.39, 0.29) is 11.8 Å². The number of aromatic nitrogens is 2. The Bertz CT molecular complexity index is 1130. The lowest BCUT2D eigenvalue weighted by atomic mass is 9.88. The number of halogens is 1. The van der Waals surface area contributed by atoms with Crippen LogP contribution in [0.3, 0.4) is 0 Å². The molecule has 28 heavy (non-hydrogen) atoms. The second-order valence-electron chi connectivity index (χ2n) is 7.88. The van der Waals surface area contributed by atoms with E-state index in [4.69, 9.17) is 11.6 Å². The molecule has 1 unspecified atom stereocenters. The fourth-order valence-corrected chi connectivity index (χ4v) is 6.66. The SMILES string of the molecule is O=S(=O)(c1ccccc1)N1C[C@@H]2CC(O)(c3cc(Cl)cc4[nH]ncc34)C[C@@H]2C1. The van der Waals surface area contributed by atoms with E-state index in [1.54, 1.807) is 53.0 Å². The molecule has 0 bridgehead atoms. The molecule has 1 aromatic heterocycles. The largest absolute Gasteiger partial charge is 0.385 e. The Balaban J connectivity index is 1.42. The van der Waals surface area contributed by atoms with Crippen LogP contribution in [-0.2, 0) is 15.6 Å². The van der Waals surface area contributed by atoms with Gasteiger partial charge in [-0.05, 0) is 54.5 Å². The summed E-state index contributed by atoms with van der Waals surface area (Å²) in [5.41, 5.74) is 0.544. The molecule has 1 aliphatic carbocycles. The van der Waals surface area contributed by atoms with E-state index in [0.717, 1.165) is 16.5 Å². The van der Waals surface area contributed by atoms with Crippen molar-refractivity contribution < 1.29 is 13.5 Å². The molecule has 3 atom stereocenters. The van der Waals surface area contributed by atoms with Gasteiger partial charge in [-0.25, -0.2) is 8.42 Å². The van der Waals surface area contributed by atoms with E-state index in [9.17, 15) is 13.5 Å². The minimum Gasteiger partial charge on any atom is -0.385 e. The van der Waals surface area contributed by atoms with Crippen molar-refractivity contribution in [2.24, 2.45) is 11.8 Å². The van der Waals surface area contributed by atoms with E-state index in [0.29, 0.717) is 35.8 Å². The Hall–Kier alpha value is -1.93. The Morgan fingerprint density at radius 3 is 2.50 bits per heavy atom. The molecule has 146 valence electrons. The van der Waals surface area contributed by atoms with Crippen molar-refractivity contribution in [2.45, 2.75) is 23.3 Å². The van der Waals surface area contributed by atoms with Gasteiger partial charge >= 0.3 is 0 Å². The van der Waals surface area contributed by atoms with Crippen LogP contribution in [0.1, 0.15) is 18.4 Å². The van der Waals surface area contributed by atoms with Crippen molar-refractivity contribution in [1.82, 2.24) is 14.5 Å². The van der Waals surface area contributed by atoms with Crippen molar-refractivity contribution in [3.63, 3.8) is 0 Å². The Labute approximate surface area is 168 Å². The highest BCUT2D eigenvalue weighted by Crippen LogP contribution is 2.51. The molecule has 1 saturated heterocycles. The number of fused-ring (bicyclic) bond motifs is 2. The van der Waals surface area contributed by atoms with Crippen LogP contribution in [0.2, 0.25) is 5.02 Å². The van der Waals surface area contributed by atoms with Gasteiger partial charge in [0, 0.05) is 23.5 Å². The molecule has 1 saturated carbocycles. The molecule has 1 aliphatic heterocycles. The van der Waals surface area contributed by atoms with Gasteiger partial charge in [-0.3, -0.25) is 5.10 Å². The highest BCUT2D eigenvalue weighted by Gasteiger charge is 2.51. The fourth-order valence-electron chi connectivity index (χ4n) is 4.87. The lowest BCUT2D eigenvalue weighted by molar-refractivity contribution is 0.0353. The van der Waals surface area contributed by atoms with Gasteiger partial charge in [-0.1, -0.05) is 29.8 Å². The van der Waals surface area contributed by atoms with E-state index in [1.807, 2.05) is 0 Å². The van der Waals surface area contributed by atoms with Crippen LogP contribution in [0.25, 0.3) is 10.9 Å². The van der Waals surface area contributed by atoms with Crippen LogP contribution in [0.15, 0.2) is 53.6 Å². The van der Waals surface area contributed by atoms with Gasteiger partial charge < -0.3 is 5.11 Å². The molecule has 2 fully saturated rings. The minimum atomic E-state index is -3.50. The Morgan fingerprint density at radius 2 is 1.82 bits per heavy atom. The maximum absolute atomic E-state index is 12.9. The van der Waals surface area contributed by atoms with Gasteiger partial charge in [-0.2, -0.15) is 9.40 Å². The molecule has 0 spiro atoms. The van der Waals surface area contributed by atoms with E-state index in [1.165, 1.54) is 0 Å². The third-order valence-corrected chi connectivity index (χ3v) is 8.21. The first kappa shape index (κ1) is 18.1. The molecule has 3 aromatic rings. The molecule has 5 rings (SSSR count). The van der Waals surface area contributed by atoms with Crippen LogP contribution in [-0.4, -0.2) is 41.1 Å². The van der Waals surface area contributed by atoms with Gasteiger partial charge in [0.05, 0.1) is 22.2 Å². The van der Waals surface area contributed by atoms with Crippen LogP contribution in [0.4, 0.5) is 0 Å². The number of nitrogens with zero attached hydrogens (tertiary/aromatic N) is 2. The lowest BCUT2D eigenvalue weighted by Gasteiger charge is -2.27. The average Bonchev–Trinajstić information content (AvgIpc) is 3.35. The summed E-state index contributed by atoms with van der Waals surface area (Å²) >= 11 is 6.25. The van der Waals surface area contributed by atoms with Crippen molar-refractivity contribution in [3.8, 4) is 0 Å². The molecule has 6 nitrogen and oxygen atoms in total. The summed E-state index contributed by atoms with van der Waals surface area (Å²) in [6, 6.07) is 12.1. The molecular formula is C20H20ClN3O3S. The third kappa shape index (κ3) is 2.76. The summed E-state index contributed by atoms with van der Waals surface area (Å²) in [6.07, 6.45) is 2.73. The topological polar surface area (TPSA) is 86.3 Å². The zero-order valence-electron chi connectivity index (χ0n) is 15.0. The molecule has 0 amide bonds. The number of aliphatic hydroxyl groups is 1. The summed E-state index contributed by atoms with van der Waals surface area (Å²) in [5.74, 6) is 0.230. The average molecular weight is 418 g/mol. The smallest absolute Gasteiger partial charge is 0.243 e. The van der Waals surface area contributed by atoms with Crippen molar-refractivity contribution in [2.75, 3.05) is 13.1 Å². The minimum absolute atomic E-state index is 0.115. The standard InChI is InChI=1S/C20H20ClN3O3S/c21-15-6-18(17-10-22-23-19(17)7-15)20(25)8-13-11-24(12-14(13)9-20)28(26,27)16-4-2-1-3-5-16/h1-7,10,13-14,25H,8-9,11-12H2,(H,22,23)/t13-,14+,20?. The zero-order valence-corrected chi connectivity index (χ0v) is 16.6. The summed E-state index contributed by atoms with van der Waals surface area (Å²) in [5, 5.41) is 19.8. The summed E-state index contributed by atoms with van der Waals surface area (Å²) in [4.78, 5) is 0.320. The Morgan fingerprint density at radius 1 is 1.14 bits per heavy atom. The normalized spacial score (nSPS) is 28.1. The van der Waals surface area contributed by atoms with Crippen molar-refractivity contribution in [1.29, 1.82) is 0 Å². The van der Waals surface area contributed by atoms with Crippen LogP contribution >= 0.6 is 11.6 Å². The van der Waals surface area contributed by atoms with E-state index < -0.39 is 15.6 Å². The molecule has 2 aromatic carbocycles. The van der Waals surface area contributed by atoms with Gasteiger partial charge in [0.1, 0.15) is 0 Å². The highest BCUT2D eigenvalue weighted by molar-refractivity contribution is 7.89. The second-order valence-corrected chi connectivity index (χ2v) is 10.3. The maximum atomic E-state index is 12.9. The van der Waals surface area contributed by atoms with Gasteiger partial charge in [0.15, 0.2) is 0 Å². The number of nitrogens with one attached hydrogen (secondary N) is 1. The number of hydrogen-bond donors (Lipinski definition) is 2. The first-order chi connectivity index (χ1) is 13.4. The number of hydrogen-bond acceptors (Lipinski definition) is 4. The quantitative estimate of drug-likeness (QED) is 0.685. The highest BCUT2D eigenvalue weighted by atomic mass is 35.5. The van der Waals surface area contributed by atoms with Gasteiger partial charge in [0.25, 0.3) is 0 Å². The second kappa shape index (κ2) is 6.29. The van der Waals surface area contributed by atoms with Crippen LogP contribution in [0, 0.1) is 11.8 Å². The van der Waals surface area contributed by atoms with Gasteiger partial charge in [0.2, 0.25) is 10.0 Å². The first-order valence-electron chi connectivity index (χ1n) is 9.27. The first-order valence-corrected chi connectivity index (χ1v) is 11.1. The molecule has 2 heterocycles. The predicted octanol–water partition coefficient (Wildman–Crippen LogP) is 3.13. The van der Waals surface area contributed by atoms with Gasteiger partial charge in [-0.15, -0.1) is 0 Å². The zero-order chi connectivity index (χ0) is 19.5. The van der Waals surface area contributed by atoms with Crippen LogP contribution in [0.5, 0.6) is 0 Å². The number of aromatic amines is 1. The molecular weight excluding hydrogens is 398 g/mol. The maximum Gasteiger partial charge on any atom is 0.243 e. The molecule has 2 N–H and O–H groups in total. The number of sulfonamides is 1. The number of H-pyrrole nitrogens is 1. The summed E-state index contributed by atoms with van der Waals surface area (Å²) < 4.78 is 27.4. The summed E-state index contributed by atoms with van der Waals surface area (Å²) in [7, 11) is -3.50. The fraction of sp³-hybridized carbons (Fsp3) is 0.350. The lowest BCUT2D eigenvalue weighted by Crippen LogP contribution is -2.32. The van der Waals surface area contributed by atoms with E-state index in [2.05, 4.69) is 10.2 Å². The summed E-state index contributed by atoms with van der Waals surface area (Å²) in [6.45, 7) is 0.860. The van der Waals surface area contributed by atoms with E-state index >= 15 is 0 Å². The van der Waals surface area contributed by atoms with Crippen molar-refractivity contribution >= 4 is 32.5 Å². The third-order valence-electron chi connectivity index (χ3n) is 6.15. The number of rotatable bonds is 3. The van der Waals surface area contributed by atoms with Crippen LogP contribution < -0.4 is 0 Å². The predicted molar refractivity (Wildman–Crippen MR) is 106 cm³/mol. The monoisotopic (exact) mass is 417 g/mol. The number of benzene rings is 2.